The Morgan fingerprint density at radius 2 is 1.81 bits per heavy atom. The summed E-state index contributed by atoms with van der Waals surface area (Å²) in [5.41, 5.74) is 2.88. The highest BCUT2D eigenvalue weighted by Gasteiger charge is 2.21. The number of rotatable bonds is 4. The first-order valence-electron chi connectivity index (χ1n) is 8.34. The first-order valence-corrected chi connectivity index (χ1v) is 9.53. The Labute approximate surface area is 167 Å². The molecule has 0 aliphatic carbocycles. The fraction of sp³-hybridized carbons (Fsp3) is 0.143. The monoisotopic (exact) mass is 401 g/mol. The number of carboxylic acid groups (broad SMARTS) is 1. The van der Waals surface area contributed by atoms with Gasteiger partial charge in [-0.15, -0.1) is 11.3 Å². The average molecular weight is 402 g/mol. The minimum Gasteiger partial charge on any atom is -0.483 e. The van der Waals surface area contributed by atoms with Gasteiger partial charge < -0.3 is 5.11 Å². The van der Waals surface area contributed by atoms with Gasteiger partial charge in [-0.3, -0.25) is 14.5 Å². The molecular weight excluding hydrogens is 382 g/mol. The van der Waals surface area contributed by atoms with Crippen molar-refractivity contribution in [2.75, 3.05) is 4.90 Å². The molecule has 1 N–H and O–H groups in total. The van der Waals surface area contributed by atoms with E-state index in [2.05, 4.69) is 18.2 Å². The topological polar surface area (TPSA) is 57.6 Å². The molecular formula is C21H20ClNO3S. The number of carbonyl (C=O) groups is 2. The van der Waals surface area contributed by atoms with Crippen molar-refractivity contribution >= 4 is 46.7 Å². The minimum atomic E-state index is -0.250. The smallest absolute Gasteiger partial charge is 0.290 e. The SMILES string of the molecule is CCC(=O)N(c1cccc(Cl)c1)c1cc(-c2ccccc2)sc1C.O=CO. The van der Waals surface area contributed by atoms with Gasteiger partial charge in [0.25, 0.3) is 6.47 Å². The Morgan fingerprint density at radius 3 is 2.41 bits per heavy atom. The molecule has 1 aromatic heterocycles. The normalized spacial score (nSPS) is 9.89. The van der Waals surface area contributed by atoms with Gasteiger partial charge in [-0.25, -0.2) is 0 Å². The number of hydrogen-bond donors (Lipinski definition) is 1. The lowest BCUT2D eigenvalue weighted by atomic mass is 10.1. The molecule has 0 spiro atoms. The predicted octanol–water partition coefficient (Wildman–Crippen LogP) is 6.15. The van der Waals surface area contributed by atoms with E-state index in [4.69, 9.17) is 21.5 Å². The van der Waals surface area contributed by atoms with Crippen molar-refractivity contribution in [1.82, 2.24) is 0 Å². The third-order valence-corrected chi connectivity index (χ3v) is 5.13. The predicted molar refractivity (Wildman–Crippen MR) is 112 cm³/mol. The van der Waals surface area contributed by atoms with Crippen LogP contribution in [0.15, 0.2) is 60.7 Å². The van der Waals surface area contributed by atoms with Gasteiger partial charge in [0.05, 0.1) is 11.4 Å². The Hall–Kier alpha value is -2.63. The summed E-state index contributed by atoms with van der Waals surface area (Å²) in [6, 6.07) is 19.7. The van der Waals surface area contributed by atoms with E-state index in [1.807, 2.05) is 56.3 Å². The first kappa shape index (κ1) is 20.7. The Balaban J connectivity index is 0.000000817. The zero-order valence-electron chi connectivity index (χ0n) is 15.1. The second-order valence-corrected chi connectivity index (χ2v) is 7.28. The third kappa shape index (κ3) is 5.18. The van der Waals surface area contributed by atoms with Crippen molar-refractivity contribution in [3.05, 3.63) is 70.6 Å². The van der Waals surface area contributed by atoms with Gasteiger partial charge >= 0.3 is 0 Å². The summed E-state index contributed by atoms with van der Waals surface area (Å²) in [4.78, 5) is 25.0. The molecule has 4 nitrogen and oxygen atoms in total. The van der Waals surface area contributed by atoms with Gasteiger partial charge in [0.15, 0.2) is 0 Å². The number of thiophene rings is 1. The van der Waals surface area contributed by atoms with Crippen LogP contribution in [0.1, 0.15) is 18.2 Å². The van der Waals surface area contributed by atoms with Crippen LogP contribution in [0, 0.1) is 6.92 Å². The van der Waals surface area contributed by atoms with Crippen molar-refractivity contribution in [1.29, 1.82) is 0 Å². The van der Waals surface area contributed by atoms with Gasteiger partial charge in [-0.1, -0.05) is 54.9 Å². The van der Waals surface area contributed by atoms with E-state index in [1.165, 1.54) is 0 Å². The number of aryl methyl sites for hydroxylation is 1. The molecule has 6 heteroatoms. The summed E-state index contributed by atoms with van der Waals surface area (Å²) >= 11 is 7.83. The number of amides is 1. The number of carbonyl (C=O) groups excluding carboxylic acids is 1. The van der Waals surface area contributed by atoms with Crippen LogP contribution in [-0.4, -0.2) is 17.5 Å². The van der Waals surface area contributed by atoms with E-state index < -0.39 is 0 Å². The van der Waals surface area contributed by atoms with Crippen LogP contribution < -0.4 is 4.90 Å². The number of halogens is 1. The summed E-state index contributed by atoms with van der Waals surface area (Å²) in [6.07, 6.45) is 0.433. The molecule has 0 fully saturated rings. The highest BCUT2D eigenvalue weighted by Crippen LogP contribution is 2.39. The van der Waals surface area contributed by atoms with Crippen molar-refractivity contribution in [3.63, 3.8) is 0 Å². The maximum Gasteiger partial charge on any atom is 0.290 e. The quantitative estimate of drug-likeness (QED) is 0.533. The summed E-state index contributed by atoms with van der Waals surface area (Å²) < 4.78 is 0. The highest BCUT2D eigenvalue weighted by atomic mass is 35.5. The standard InChI is InChI=1S/C20H18ClNOS.CH2O2/c1-3-20(23)22(17-11-7-10-16(21)12-17)18-13-19(24-14(18)2)15-8-5-4-6-9-15;2-1-3/h4-13H,3H2,1-2H3;1H,(H,2,3). The van der Waals surface area contributed by atoms with Crippen LogP contribution in [-0.2, 0) is 9.59 Å². The molecule has 0 radical (unpaired) electrons. The molecule has 0 saturated heterocycles. The maximum absolute atomic E-state index is 12.6. The number of benzene rings is 2. The Bertz CT molecular complexity index is 909. The summed E-state index contributed by atoms with van der Waals surface area (Å²) in [5, 5.41) is 7.51. The van der Waals surface area contributed by atoms with Crippen LogP contribution in [0.25, 0.3) is 10.4 Å². The molecule has 3 aromatic rings. The van der Waals surface area contributed by atoms with E-state index in [-0.39, 0.29) is 12.4 Å². The fourth-order valence-electron chi connectivity index (χ4n) is 2.63. The molecule has 0 aliphatic heterocycles. The fourth-order valence-corrected chi connectivity index (χ4v) is 3.82. The molecule has 0 saturated carbocycles. The van der Waals surface area contributed by atoms with Gasteiger partial charge in [0, 0.05) is 21.2 Å². The van der Waals surface area contributed by atoms with E-state index >= 15 is 0 Å². The molecule has 1 amide bonds. The van der Waals surface area contributed by atoms with Gasteiger partial charge in [-0.05, 0) is 36.8 Å². The van der Waals surface area contributed by atoms with Crippen LogP contribution in [0.5, 0.6) is 0 Å². The second kappa shape index (κ2) is 9.90. The maximum atomic E-state index is 12.6. The van der Waals surface area contributed by atoms with Crippen molar-refractivity contribution in [2.45, 2.75) is 20.3 Å². The summed E-state index contributed by atoms with van der Waals surface area (Å²) in [6.45, 7) is 3.67. The average Bonchev–Trinajstić information content (AvgIpc) is 3.05. The zero-order valence-corrected chi connectivity index (χ0v) is 16.6. The molecule has 0 bridgehead atoms. The van der Waals surface area contributed by atoms with Crippen LogP contribution in [0.3, 0.4) is 0 Å². The lowest BCUT2D eigenvalue weighted by Crippen LogP contribution is -2.25. The van der Waals surface area contributed by atoms with E-state index in [9.17, 15) is 4.79 Å². The lowest BCUT2D eigenvalue weighted by Gasteiger charge is -2.22. The van der Waals surface area contributed by atoms with Crippen LogP contribution >= 0.6 is 22.9 Å². The second-order valence-electron chi connectivity index (χ2n) is 5.59. The number of nitrogens with zero attached hydrogens (tertiary/aromatic N) is 1. The molecule has 0 aliphatic rings. The van der Waals surface area contributed by atoms with Crippen molar-refractivity contribution in [3.8, 4) is 10.4 Å². The highest BCUT2D eigenvalue weighted by molar-refractivity contribution is 7.16. The largest absolute Gasteiger partial charge is 0.483 e. The van der Waals surface area contributed by atoms with Crippen LogP contribution in [0.4, 0.5) is 11.4 Å². The van der Waals surface area contributed by atoms with E-state index in [1.54, 1.807) is 16.2 Å². The number of anilines is 2. The molecule has 3 rings (SSSR count). The molecule has 27 heavy (non-hydrogen) atoms. The van der Waals surface area contributed by atoms with Gasteiger partial charge in [0.2, 0.25) is 5.91 Å². The van der Waals surface area contributed by atoms with E-state index in [0.29, 0.717) is 11.4 Å². The molecule has 1 heterocycles. The lowest BCUT2D eigenvalue weighted by molar-refractivity contribution is -0.123. The Kier molecular flexibility index (Phi) is 7.58. The van der Waals surface area contributed by atoms with Gasteiger partial charge in [0.1, 0.15) is 0 Å². The first-order chi connectivity index (χ1) is 13.0. The van der Waals surface area contributed by atoms with Crippen LogP contribution in [0.2, 0.25) is 5.02 Å². The third-order valence-electron chi connectivity index (χ3n) is 3.81. The summed E-state index contributed by atoms with van der Waals surface area (Å²) in [5.74, 6) is 0.0535. The van der Waals surface area contributed by atoms with Crippen molar-refractivity contribution in [2.24, 2.45) is 0 Å². The van der Waals surface area contributed by atoms with Gasteiger partial charge in [-0.2, -0.15) is 0 Å². The molecule has 2 aromatic carbocycles. The van der Waals surface area contributed by atoms with Crippen molar-refractivity contribution < 1.29 is 14.7 Å². The molecule has 0 atom stereocenters. The molecule has 140 valence electrons. The number of hydrogen-bond acceptors (Lipinski definition) is 3. The minimum absolute atomic E-state index is 0.0535. The zero-order chi connectivity index (χ0) is 19.8. The Morgan fingerprint density at radius 1 is 1.15 bits per heavy atom. The summed E-state index contributed by atoms with van der Waals surface area (Å²) in [7, 11) is 0. The van der Waals surface area contributed by atoms with E-state index in [0.717, 1.165) is 26.7 Å². The molecule has 0 unspecified atom stereocenters.